The van der Waals surface area contributed by atoms with E-state index >= 15 is 0 Å². The second kappa shape index (κ2) is 11.5. The van der Waals surface area contributed by atoms with Gasteiger partial charge in [0.25, 0.3) is 0 Å². The summed E-state index contributed by atoms with van der Waals surface area (Å²) in [5.74, 6) is -4.69. The molecule has 0 radical (unpaired) electrons. The number of cyclic esters (lactones) is 1. The van der Waals surface area contributed by atoms with Crippen LogP contribution in [0.3, 0.4) is 0 Å². The number of hydrogen-bond donors (Lipinski definition) is 1. The fourth-order valence-electron chi connectivity index (χ4n) is 4.33. The van der Waals surface area contributed by atoms with Crippen molar-refractivity contribution < 1.29 is 33.8 Å². The first-order valence-electron chi connectivity index (χ1n) is 11.4. The van der Waals surface area contributed by atoms with Gasteiger partial charge >= 0.3 is 18.0 Å². The smallest absolute Gasteiger partial charge is 0.411 e. The summed E-state index contributed by atoms with van der Waals surface area (Å²) in [5, 5.41) is 10.0. The minimum absolute atomic E-state index is 0.0452. The lowest BCUT2D eigenvalue weighted by molar-refractivity contribution is -0.161. The van der Waals surface area contributed by atoms with Crippen molar-refractivity contribution in [3.8, 4) is 0 Å². The molecule has 2 aromatic carbocycles. The number of rotatable bonds is 10. The molecule has 1 N–H and O–H groups in total. The lowest BCUT2D eigenvalue weighted by Crippen LogP contribution is -2.50. The van der Waals surface area contributed by atoms with Gasteiger partial charge in [0.05, 0.1) is 12.6 Å². The predicted octanol–water partition coefficient (Wildman–Crippen LogP) is 4.48. The summed E-state index contributed by atoms with van der Waals surface area (Å²) in [7, 11) is 0. The molecular formula is C27H29NO7. The van der Waals surface area contributed by atoms with E-state index in [1.54, 1.807) is 57.2 Å². The minimum atomic E-state index is -1.78. The van der Waals surface area contributed by atoms with E-state index in [2.05, 4.69) is 0 Å². The minimum Gasteiger partial charge on any atom is -0.481 e. The Balaban J connectivity index is 2.16. The summed E-state index contributed by atoms with van der Waals surface area (Å²) in [5.41, 5.74) is 2.09. The van der Waals surface area contributed by atoms with Crippen LogP contribution in [0.2, 0.25) is 0 Å². The molecule has 0 spiro atoms. The van der Waals surface area contributed by atoms with Crippen LogP contribution in [0.5, 0.6) is 0 Å². The number of carboxylic acid groups (broad SMARTS) is 1. The highest BCUT2D eigenvalue weighted by Crippen LogP contribution is 2.45. The zero-order valence-electron chi connectivity index (χ0n) is 19.9. The molecule has 1 aliphatic heterocycles. The largest absolute Gasteiger partial charge is 0.481 e. The predicted molar refractivity (Wildman–Crippen MR) is 127 cm³/mol. The summed E-state index contributed by atoms with van der Waals surface area (Å²) in [6.45, 7) is 4.98. The van der Waals surface area contributed by atoms with Gasteiger partial charge in [-0.15, -0.1) is 0 Å². The second-order valence-corrected chi connectivity index (χ2v) is 8.51. The highest BCUT2D eigenvalue weighted by atomic mass is 16.6. The third-order valence-electron chi connectivity index (χ3n) is 5.70. The Morgan fingerprint density at radius 3 is 2.11 bits per heavy atom. The number of ketones is 1. The maximum Gasteiger partial charge on any atom is 0.411 e. The molecule has 1 heterocycles. The van der Waals surface area contributed by atoms with Gasteiger partial charge in [-0.25, -0.2) is 4.79 Å². The van der Waals surface area contributed by atoms with Crippen LogP contribution in [-0.4, -0.2) is 46.5 Å². The van der Waals surface area contributed by atoms with E-state index in [1.807, 2.05) is 24.3 Å². The Bertz CT molecular complexity index is 1090. The highest BCUT2D eigenvalue weighted by Gasteiger charge is 2.52. The Morgan fingerprint density at radius 2 is 1.60 bits per heavy atom. The lowest BCUT2D eigenvalue weighted by Gasteiger charge is -2.34. The first-order valence-corrected chi connectivity index (χ1v) is 11.4. The maximum atomic E-state index is 13.3. The Hall–Kier alpha value is -3.94. The van der Waals surface area contributed by atoms with Gasteiger partial charge in [0.15, 0.2) is 17.8 Å². The molecule has 1 saturated heterocycles. The Kier molecular flexibility index (Phi) is 8.41. The third-order valence-corrected chi connectivity index (χ3v) is 5.70. The first-order chi connectivity index (χ1) is 16.7. The number of allylic oxidation sites excluding steroid dienone is 2. The van der Waals surface area contributed by atoms with Gasteiger partial charge in [-0.05, 0) is 38.0 Å². The van der Waals surface area contributed by atoms with Crippen molar-refractivity contribution in [2.24, 2.45) is 5.92 Å². The molecule has 1 fully saturated rings. The van der Waals surface area contributed by atoms with Gasteiger partial charge < -0.3 is 14.6 Å². The van der Waals surface area contributed by atoms with Crippen LogP contribution in [0, 0.1) is 5.92 Å². The number of carbonyl (C=O) groups is 4. The fourth-order valence-corrected chi connectivity index (χ4v) is 4.33. The zero-order chi connectivity index (χ0) is 25.5. The summed E-state index contributed by atoms with van der Waals surface area (Å²) in [6, 6.07) is 16.0. The maximum absolute atomic E-state index is 13.3. The molecule has 4 atom stereocenters. The molecular weight excluding hydrogens is 450 g/mol. The molecule has 1 amide bonds. The zero-order valence-corrected chi connectivity index (χ0v) is 19.9. The van der Waals surface area contributed by atoms with Crippen LogP contribution < -0.4 is 0 Å². The molecule has 3 rings (SSSR count). The summed E-state index contributed by atoms with van der Waals surface area (Å²) in [4.78, 5) is 52.5. The van der Waals surface area contributed by atoms with Crippen molar-refractivity contribution in [1.29, 1.82) is 0 Å². The molecule has 0 bridgehead atoms. The van der Waals surface area contributed by atoms with Crippen LogP contribution in [0.15, 0.2) is 72.3 Å². The van der Waals surface area contributed by atoms with E-state index in [-0.39, 0.29) is 13.0 Å². The molecule has 8 nitrogen and oxygen atoms in total. The monoisotopic (exact) mass is 479 g/mol. The van der Waals surface area contributed by atoms with Gasteiger partial charge in [0.1, 0.15) is 6.04 Å². The molecule has 184 valence electrons. The third kappa shape index (κ3) is 5.95. The van der Waals surface area contributed by atoms with E-state index in [4.69, 9.17) is 9.47 Å². The fraction of sp³-hybridized carbons (Fsp3) is 0.333. The number of esters is 1. The van der Waals surface area contributed by atoms with Gasteiger partial charge in [-0.2, -0.15) is 0 Å². The van der Waals surface area contributed by atoms with Crippen molar-refractivity contribution in [3.05, 3.63) is 83.4 Å². The van der Waals surface area contributed by atoms with Crippen LogP contribution in [0.4, 0.5) is 4.79 Å². The molecule has 1 aliphatic rings. The molecule has 1 unspecified atom stereocenters. The second-order valence-electron chi connectivity index (χ2n) is 8.51. The topological polar surface area (TPSA) is 110 Å². The van der Waals surface area contributed by atoms with E-state index in [0.29, 0.717) is 16.7 Å². The average molecular weight is 480 g/mol. The molecule has 35 heavy (non-hydrogen) atoms. The van der Waals surface area contributed by atoms with Crippen molar-refractivity contribution in [3.63, 3.8) is 0 Å². The van der Waals surface area contributed by atoms with Gasteiger partial charge in [-0.3, -0.25) is 19.3 Å². The first kappa shape index (κ1) is 25.7. The molecule has 8 heteroatoms. The number of carboxylic acids is 1. The summed E-state index contributed by atoms with van der Waals surface area (Å²) in [6.07, 6.45) is -0.604. The van der Waals surface area contributed by atoms with Gasteiger partial charge in [0, 0.05) is 6.42 Å². The molecule has 0 aliphatic carbocycles. The molecule has 0 aromatic heterocycles. The number of nitrogens with zero attached hydrogens (tertiary/aromatic N) is 1. The van der Waals surface area contributed by atoms with E-state index in [1.165, 1.54) is 11.0 Å². The summed E-state index contributed by atoms with van der Waals surface area (Å²) >= 11 is 0. The SMILES string of the molecule is CCOC(=O)C(C(=O)O)[C@@H](CC(=O)C=C(C)C)N1C(=O)O[C@H](c2ccccc2)[C@@H]1c1ccccc1. The van der Waals surface area contributed by atoms with E-state index in [9.17, 15) is 24.3 Å². The van der Waals surface area contributed by atoms with E-state index in [0.717, 1.165) is 0 Å². The number of benzene rings is 2. The Labute approximate surface area is 204 Å². The number of amides is 1. The van der Waals surface area contributed by atoms with Crippen molar-refractivity contribution in [2.45, 2.75) is 45.4 Å². The van der Waals surface area contributed by atoms with Gasteiger partial charge in [-0.1, -0.05) is 66.2 Å². The van der Waals surface area contributed by atoms with Crippen molar-refractivity contribution in [2.75, 3.05) is 6.61 Å². The van der Waals surface area contributed by atoms with E-state index < -0.39 is 47.9 Å². The quantitative estimate of drug-likeness (QED) is 0.304. The highest BCUT2D eigenvalue weighted by molar-refractivity contribution is 5.98. The van der Waals surface area contributed by atoms with Gasteiger partial charge in [0.2, 0.25) is 0 Å². The van der Waals surface area contributed by atoms with Crippen LogP contribution >= 0.6 is 0 Å². The number of ether oxygens (including phenoxy) is 2. The number of carbonyl (C=O) groups excluding carboxylic acids is 3. The van der Waals surface area contributed by atoms with Crippen LogP contribution in [-0.2, 0) is 23.9 Å². The standard InChI is InChI=1S/C27H29NO7/c1-4-34-26(32)22(25(30)31)21(16-20(29)15-17(2)3)28-23(18-11-7-5-8-12-18)24(35-27(28)33)19-13-9-6-10-14-19/h5-15,21-24H,4,16H2,1-3H3,(H,30,31)/t21-,22?,23+,24-/m1/s1. The molecule has 2 aromatic rings. The van der Waals surface area contributed by atoms with Crippen molar-refractivity contribution >= 4 is 23.8 Å². The normalized spacial score (nSPS) is 18.8. The van der Waals surface area contributed by atoms with Crippen LogP contribution in [0.25, 0.3) is 0 Å². The number of hydrogen-bond acceptors (Lipinski definition) is 6. The van der Waals surface area contributed by atoms with Crippen LogP contribution in [0.1, 0.15) is 50.5 Å². The summed E-state index contributed by atoms with van der Waals surface area (Å²) < 4.78 is 10.8. The van der Waals surface area contributed by atoms with Crippen molar-refractivity contribution in [1.82, 2.24) is 4.90 Å². The average Bonchev–Trinajstić information content (AvgIpc) is 3.16. The Morgan fingerprint density at radius 1 is 1.03 bits per heavy atom. The lowest BCUT2D eigenvalue weighted by atomic mass is 9.88. The number of aliphatic carboxylic acids is 1. The molecule has 0 saturated carbocycles.